The summed E-state index contributed by atoms with van der Waals surface area (Å²) in [7, 11) is 0. The van der Waals surface area contributed by atoms with Crippen molar-refractivity contribution in [1.29, 1.82) is 0 Å². The van der Waals surface area contributed by atoms with Gasteiger partial charge in [0.15, 0.2) is 15.6 Å². The Morgan fingerprint density at radius 3 is 2.87 bits per heavy atom. The highest BCUT2D eigenvalue weighted by molar-refractivity contribution is 9.10. The van der Waals surface area contributed by atoms with Crippen LogP contribution in [0.25, 0.3) is 11.5 Å². The predicted molar refractivity (Wildman–Crippen MR) is 58.9 cm³/mol. The van der Waals surface area contributed by atoms with Crippen molar-refractivity contribution in [2.24, 2.45) is 0 Å². The fourth-order valence-corrected chi connectivity index (χ4v) is 2.07. The number of aromatic nitrogens is 1. The van der Waals surface area contributed by atoms with Crippen LogP contribution >= 0.6 is 27.3 Å². The maximum Gasteiger partial charge on any atom is 0.348 e. The first-order chi connectivity index (χ1) is 7.08. The SMILES string of the molecule is Nc1nc(-c2ccc(Br)o2)c(C(=O)O)s1. The molecule has 3 N–H and O–H groups in total. The molecule has 78 valence electrons. The molecule has 0 spiro atoms. The van der Waals surface area contributed by atoms with Crippen molar-refractivity contribution < 1.29 is 14.3 Å². The van der Waals surface area contributed by atoms with Crippen LogP contribution in [0.15, 0.2) is 21.2 Å². The Kier molecular flexibility index (Phi) is 2.49. The zero-order valence-corrected chi connectivity index (χ0v) is 9.63. The number of carbonyl (C=O) groups is 1. The van der Waals surface area contributed by atoms with E-state index in [1.165, 1.54) is 0 Å². The molecule has 0 aliphatic heterocycles. The number of thiazole rings is 1. The summed E-state index contributed by atoms with van der Waals surface area (Å²) in [5.74, 6) is -0.682. The van der Waals surface area contributed by atoms with E-state index in [2.05, 4.69) is 20.9 Å². The van der Waals surface area contributed by atoms with E-state index in [9.17, 15) is 4.79 Å². The van der Waals surface area contributed by atoms with Crippen LogP contribution in [-0.4, -0.2) is 16.1 Å². The molecule has 0 saturated heterocycles. The Balaban J connectivity index is 2.56. The van der Waals surface area contributed by atoms with Crippen LogP contribution in [0, 0.1) is 0 Å². The number of nitrogens with two attached hydrogens (primary N) is 1. The number of anilines is 1. The Morgan fingerprint density at radius 1 is 1.60 bits per heavy atom. The molecule has 0 aliphatic carbocycles. The van der Waals surface area contributed by atoms with Crippen molar-refractivity contribution in [3.8, 4) is 11.5 Å². The molecule has 15 heavy (non-hydrogen) atoms. The molecule has 0 unspecified atom stereocenters. The first-order valence-corrected chi connectivity index (χ1v) is 5.44. The van der Waals surface area contributed by atoms with Crippen LogP contribution in [0.2, 0.25) is 0 Å². The molecule has 0 aromatic carbocycles. The van der Waals surface area contributed by atoms with Crippen LogP contribution in [0.5, 0.6) is 0 Å². The van der Waals surface area contributed by atoms with Gasteiger partial charge in [-0.25, -0.2) is 9.78 Å². The lowest BCUT2D eigenvalue weighted by molar-refractivity contribution is 0.0702. The number of hydrogen-bond donors (Lipinski definition) is 2. The second kappa shape index (κ2) is 3.67. The van der Waals surface area contributed by atoms with Gasteiger partial charge in [-0.3, -0.25) is 0 Å². The molecule has 0 radical (unpaired) electrons. The third kappa shape index (κ3) is 1.88. The number of aromatic carboxylic acids is 1. The number of rotatable bonds is 2. The number of carboxylic acids is 1. The number of carboxylic acid groups (broad SMARTS) is 1. The lowest BCUT2D eigenvalue weighted by Gasteiger charge is -1.92. The van der Waals surface area contributed by atoms with Gasteiger partial charge in [-0.05, 0) is 28.1 Å². The summed E-state index contributed by atoms with van der Waals surface area (Å²) in [5.41, 5.74) is 5.71. The number of nitrogens with zero attached hydrogens (tertiary/aromatic N) is 1. The van der Waals surface area contributed by atoms with Gasteiger partial charge in [0.2, 0.25) is 0 Å². The normalized spacial score (nSPS) is 10.5. The van der Waals surface area contributed by atoms with Crippen molar-refractivity contribution in [3.63, 3.8) is 0 Å². The number of hydrogen-bond acceptors (Lipinski definition) is 5. The van der Waals surface area contributed by atoms with E-state index >= 15 is 0 Å². The molecule has 0 atom stereocenters. The van der Waals surface area contributed by atoms with E-state index in [4.69, 9.17) is 15.3 Å². The number of nitrogen functional groups attached to an aromatic ring is 1. The summed E-state index contributed by atoms with van der Waals surface area (Å²) < 4.78 is 5.73. The molecule has 2 aromatic heterocycles. The largest absolute Gasteiger partial charge is 0.477 e. The summed E-state index contributed by atoms with van der Waals surface area (Å²) in [6.45, 7) is 0. The van der Waals surface area contributed by atoms with Crippen LogP contribution < -0.4 is 5.73 Å². The first kappa shape index (κ1) is 10.2. The zero-order chi connectivity index (χ0) is 11.0. The monoisotopic (exact) mass is 288 g/mol. The fourth-order valence-electron chi connectivity index (χ4n) is 1.09. The average molecular weight is 289 g/mol. The molecule has 5 nitrogen and oxygen atoms in total. The molecule has 0 saturated carbocycles. The van der Waals surface area contributed by atoms with Crippen LogP contribution in [-0.2, 0) is 0 Å². The summed E-state index contributed by atoms with van der Waals surface area (Å²) in [6, 6.07) is 3.29. The smallest absolute Gasteiger partial charge is 0.348 e. The molecule has 7 heteroatoms. The number of furan rings is 1. The highest BCUT2D eigenvalue weighted by atomic mass is 79.9. The molecule has 2 heterocycles. The second-order valence-corrected chi connectivity index (χ2v) is 4.45. The third-order valence-corrected chi connectivity index (χ3v) is 2.94. The molecule has 0 fully saturated rings. The minimum absolute atomic E-state index is 0.0781. The minimum atomic E-state index is -1.06. The van der Waals surface area contributed by atoms with Crippen molar-refractivity contribution in [3.05, 3.63) is 21.7 Å². The maximum atomic E-state index is 10.9. The molecule has 0 aliphatic rings. The lowest BCUT2D eigenvalue weighted by atomic mass is 10.3. The molecular weight excluding hydrogens is 284 g/mol. The highest BCUT2D eigenvalue weighted by Gasteiger charge is 2.20. The maximum absolute atomic E-state index is 10.9. The van der Waals surface area contributed by atoms with Gasteiger partial charge in [0.05, 0.1) is 0 Å². The topological polar surface area (TPSA) is 89.4 Å². The average Bonchev–Trinajstić information content (AvgIpc) is 2.71. The van der Waals surface area contributed by atoms with Gasteiger partial charge in [-0.1, -0.05) is 11.3 Å². The second-order valence-electron chi connectivity index (χ2n) is 2.64. The highest BCUT2D eigenvalue weighted by Crippen LogP contribution is 2.31. The predicted octanol–water partition coefficient (Wildman–Crippen LogP) is 2.45. The Morgan fingerprint density at radius 2 is 2.33 bits per heavy atom. The molecular formula is C8H5BrN2O3S. The van der Waals surface area contributed by atoms with Crippen LogP contribution in [0.1, 0.15) is 9.67 Å². The number of halogens is 1. The molecule has 0 amide bonds. The third-order valence-electron chi connectivity index (χ3n) is 1.64. The Hall–Kier alpha value is -1.34. The first-order valence-electron chi connectivity index (χ1n) is 3.83. The van der Waals surface area contributed by atoms with Gasteiger partial charge in [0, 0.05) is 0 Å². The van der Waals surface area contributed by atoms with Crippen LogP contribution in [0.4, 0.5) is 5.13 Å². The Labute approximate surface area is 96.7 Å². The van der Waals surface area contributed by atoms with Gasteiger partial charge < -0.3 is 15.3 Å². The molecule has 2 aromatic rings. The van der Waals surface area contributed by atoms with Gasteiger partial charge in [-0.15, -0.1) is 0 Å². The zero-order valence-electron chi connectivity index (χ0n) is 7.23. The van der Waals surface area contributed by atoms with Crippen molar-refractivity contribution in [2.75, 3.05) is 5.73 Å². The standard InChI is InChI=1S/C8H5BrN2O3S/c9-4-2-1-3(14-4)5-6(7(12)13)15-8(10)11-5/h1-2H,(H2,10,11)(H,12,13). The summed E-state index contributed by atoms with van der Waals surface area (Å²) in [6.07, 6.45) is 0. The van der Waals surface area contributed by atoms with E-state index in [-0.39, 0.29) is 15.7 Å². The minimum Gasteiger partial charge on any atom is -0.477 e. The molecule has 0 bridgehead atoms. The van der Waals surface area contributed by atoms with Gasteiger partial charge in [-0.2, -0.15) is 0 Å². The van der Waals surface area contributed by atoms with E-state index in [1.807, 2.05) is 0 Å². The molecule has 2 rings (SSSR count). The summed E-state index contributed by atoms with van der Waals surface area (Å²) >= 11 is 4.05. The van der Waals surface area contributed by atoms with Crippen LogP contribution in [0.3, 0.4) is 0 Å². The van der Waals surface area contributed by atoms with Crippen molar-refractivity contribution in [1.82, 2.24) is 4.98 Å². The quantitative estimate of drug-likeness (QED) is 0.886. The van der Waals surface area contributed by atoms with E-state index in [0.717, 1.165) is 11.3 Å². The van der Waals surface area contributed by atoms with E-state index in [0.29, 0.717) is 10.4 Å². The fraction of sp³-hybridized carbons (Fsp3) is 0. The van der Waals surface area contributed by atoms with E-state index < -0.39 is 5.97 Å². The summed E-state index contributed by atoms with van der Waals surface area (Å²) in [4.78, 5) is 14.9. The van der Waals surface area contributed by atoms with E-state index in [1.54, 1.807) is 12.1 Å². The van der Waals surface area contributed by atoms with Gasteiger partial charge in [0.25, 0.3) is 0 Å². The lowest BCUT2D eigenvalue weighted by Crippen LogP contribution is -1.94. The van der Waals surface area contributed by atoms with Crippen molar-refractivity contribution in [2.45, 2.75) is 0 Å². The van der Waals surface area contributed by atoms with Gasteiger partial charge >= 0.3 is 5.97 Å². The van der Waals surface area contributed by atoms with Gasteiger partial charge in [0.1, 0.15) is 10.6 Å². The van der Waals surface area contributed by atoms with Crippen molar-refractivity contribution >= 4 is 38.4 Å². The Bertz CT molecular complexity index is 520. The summed E-state index contributed by atoms with van der Waals surface area (Å²) in [5, 5.41) is 9.11.